The zero-order valence-corrected chi connectivity index (χ0v) is 14.1. The average molecular weight is 334 g/mol. The van der Waals surface area contributed by atoms with Gasteiger partial charge in [0.2, 0.25) is 0 Å². The molecule has 2 rings (SSSR count). The SMILES string of the molecule is CC(C)Oc1ccc(NC(=O)C(C)Oc2ccccc2Cl)cc1. The van der Waals surface area contributed by atoms with E-state index in [1.807, 2.05) is 26.0 Å². The molecule has 2 aromatic carbocycles. The van der Waals surface area contributed by atoms with Gasteiger partial charge in [0.05, 0.1) is 11.1 Å². The second kappa shape index (κ2) is 7.88. The van der Waals surface area contributed by atoms with Gasteiger partial charge in [-0.25, -0.2) is 0 Å². The maximum atomic E-state index is 12.2. The van der Waals surface area contributed by atoms with Crippen LogP contribution in [0.15, 0.2) is 48.5 Å². The third kappa shape index (κ3) is 5.18. The summed E-state index contributed by atoms with van der Waals surface area (Å²) < 4.78 is 11.1. The molecule has 5 heteroatoms. The zero-order valence-electron chi connectivity index (χ0n) is 13.4. The number of hydrogen-bond donors (Lipinski definition) is 1. The summed E-state index contributed by atoms with van der Waals surface area (Å²) in [5.41, 5.74) is 0.681. The average Bonchev–Trinajstić information content (AvgIpc) is 2.51. The molecular weight excluding hydrogens is 314 g/mol. The molecule has 0 bridgehead atoms. The van der Waals surface area contributed by atoms with Crippen molar-refractivity contribution in [2.75, 3.05) is 5.32 Å². The normalized spacial score (nSPS) is 11.9. The molecule has 0 heterocycles. The van der Waals surface area contributed by atoms with E-state index in [-0.39, 0.29) is 12.0 Å². The van der Waals surface area contributed by atoms with E-state index in [0.717, 1.165) is 5.75 Å². The molecule has 1 amide bonds. The molecular formula is C18H20ClNO3. The molecule has 23 heavy (non-hydrogen) atoms. The highest BCUT2D eigenvalue weighted by atomic mass is 35.5. The Labute approximate surface area is 141 Å². The molecule has 1 N–H and O–H groups in total. The van der Waals surface area contributed by atoms with Crippen LogP contribution in [0.5, 0.6) is 11.5 Å². The Morgan fingerprint density at radius 3 is 2.26 bits per heavy atom. The molecule has 4 nitrogen and oxygen atoms in total. The Kier molecular flexibility index (Phi) is 5.88. The maximum Gasteiger partial charge on any atom is 0.265 e. The summed E-state index contributed by atoms with van der Waals surface area (Å²) in [4.78, 5) is 12.2. The van der Waals surface area contributed by atoms with Crippen LogP contribution in [0.25, 0.3) is 0 Å². The smallest absolute Gasteiger partial charge is 0.265 e. The van der Waals surface area contributed by atoms with Crippen molar-refractivity contribution in [3.8, 4) is 11.5 Å². The number of amides is 1. The minimum atomic E-state index is -0.665. The summed E-state index contributed by atoms with van der Waals surface area (Å²) in [6, 6.07) is 14.3. The van der Waals surface area contributed by atoms with Crippen LogP contribution in [-0.2, 0) is 4.79 Å². The van der Waals surface area contributed by atoms with Crippen molar-refractivity contribution in [1.29, 1.82) is 0 Å². The zero-order chi connectivity index (χ0) is 16.8. The van der Waals surface area contributed by atoms with Crippen molar-refractivity contribution in [3.63, 3.8) is 0 Å². The summed E-state index contributed by atoms with van der Waals surface area (Å²) in [5, 5.41) is 3.27. The third-order valence-electron chi connectivity index (χ3n) is 3.00. The maximum absolute atomic E-state index is 12.2. The molecule has 0 saturated carbocycles. The Morgan fingerprint density at radius 1 is 1.00 bits per heavy atom. The van der Waals surface area contributed by atoms with Gasteiger partial charge in [-0.15, -0.1) is 0 Å². The van der Waals surface area contributed by atoms with Gasteiger partial charge in [0, 0.05) is 5.69 Å². The Morgan fingerprint density at radius 2 is 1.65 bits per heavy atom. The second-order valence-electron chi connectivity index (χ2n) is 5.37. The van der Waals surface area contributed by atoms with Crippen molar-refractivity contribution in [2.24, 2.45) is 0 Å². The lowest BCUT2D eigenvalue weighted by atomic mass is 10.2. The van der Waals surface area contributed by atoms with E-state index in [1.165, 1.54) is 0 Å². The minimum Gasteiger partial charge on any atom is -0.491 e. The van der Waals surface area contributed by atoms with Gasteiger partial charge in [-0.05, 0) is 57.2 Å². The fourth-order valence-electron chi connectivity index (χ4n) is 1.92. The van der Waals surface area contributed by atoms with Crippen LogP contribution in [0.1, 0.15) is 20.8 Å². The van der Waals surface area contributed by atoms with E-state index in [4.69, 9.17) is 21.1 Å². The van der Waals surface area contributed by atoms with E-state index < -0.39 is 6.10 Å². The molecule has 0 aliphatic carbocycles. The van der Waals surface area contributed by atoms with Gasteiger partial charge in [-0.3, -0.25) is 4.79 Å². The molecule has 0 fully saturated rings. The first-order valence-electron chi connectivity index (χ1n) is 7.44. The number of carbonyl (C=O) groups excluding carboxylic acids is 1. The first kappa shape index (κ1) is 17.2. The first-order valence-corrected chi connectivity index (χ1v) is 7.82. The number of para-hydroxylation sites is 1. The molecule has 0 radical (unpaired) electrons. The topological polar surface area (TPSA) is 47.6 Å². The van der Waals surface area contributed by atoms with Gasteiger partial charge < -0.3 is 14.8 Å². The number of anilines is 1. The van der Waals surface area contributed by atoms with Gasteiger partial charge in [0.25, 0.3) is 5.91 Å². The Hall–Kier alpha value is -2.20. The Bertz CT molecular complexity index is 656. The lowest BCUT2D eigenvalue weighted by Crippen LogP contribution is -2.30. The monoisotopic (exact) mass is 333 g/mol. The number of nitrogens with one attached hydrogen (secondary N) is 1. The highest BCUT2D eigenvalue weighted by molar-refractivity contribution is 6.32. The largest absolute Gasteiger partial charge is 0.491 e. The van der Waals surface area contributed by atoms with Crippen LogP contribution >= 0.6 is 11.6 Å². The number of halogens is 1. The van der Waals surface area contributed by atoms with Crippen LogP contribution < -0.4 is 14.8 Å². The van der Waals surface area contributed by atoms with Gasteiger partial charge in [-0.1, -0.05) is 23.7 Å². The quantitative estimate of drug-likeness (QED) is 0.844. The van der Waals surface area contributed by atoms with Gasteiger partial charge in [-0.2, -0.15) is 0 Å². The molecule has 2 aromatic rings. The van der Waals surface area contributed by atoms with Crippen molar-refractivity contribution in [3.05, 3.63) is 53.6 Å². The number of benzene rings is 2. The van der Waals surface area contributed by atoms with E-state index in [2.05, 4.69) is 5.32 Å². The van der Waals surface area contributed by atoms with Gasteiger partial charge in [0.15, 0.2) is 6.10 Å². The third-order valence-corrected chi connectivity index (χ3v) is 3.32. The molecule has 1 atom stereocenters. The number of ether oxygens (including phenoxy) is 2. The molecule has 0 saturated heterocycles. The highest BCUT2D eigenvalue weighted by Crippen LogP contribution is 2.24. The standard InChI is InChI=1S/C18H20ClNO3/c1-12(2)22-15-10-8-14(9-11-15)20-18(21)13(3)23-17-7-5-4-6-16(17)19/h4-13H,1-3H3,(H,20,21). The molecule has 0 aliphatic rings. The molecule has 0 spiro atoms. The lowest BCUT2D eigenvalue weighted by Gasteiger charge is -2.16. The van der Waals surface area contributed by atoms with Crippen molar-refractivity contribution in [1.82, 2.24) is 0 Å². The fourth-order valence-corrected chi connectivity index (χ4v) is 2.10. The van der Waals surface area contributed by atoms with Crippen LogP contribution in [0.3, 0.4) is 0 Å². The van der Waals surface area contributed by atoms with Crippen LogP contribution in [-0.4, -0.2) is 18.1 Å². The number of hydrogen-bond acceptors (Lipinski definition) is 3. The van der Waals surface area contributed by atoms with Crippen molar-refractivity contribution >= 4 is 23.2 Å². The summed E-state index contributed by atoms with van der Waals surface area (Å²) in [5.74, 6) is 0.998. The van der Waals surface area contributed by atoms with Crippen molar-refractivity contribution < 1.29 is 14.3 Å². The van der Waals surface area contributed by atoms with E-state index in [9.17, 15) is 4.79 Å². The summed E-state index contributed by atoms with van der Waals surface area (Å²) in [7, 11) is 0. The Balaban J connectivity index is 1.94. The summed E-state index contributed by atoms with van der Waals surface area (Å²) >= 11 is 6.02. The summed E-state index contributed by atoms with van der Waals surface area (Å²) in [6.45, 7) is 5.60. The first-order chi connectivity index (χ1) is 11.0. The molecule has 0 aromatic heterocycles. The minimum absolute atomic E-state index is 0.111. The van der Waals surface area contributed by atoms with Crippen LogP contribution in [0.2, 0.25) is 5.02 Å². The van der Waals surface area contributed by atoms with Crippen molar-refractivity contribution in [2.45, 2.75) is 33.0 Å². The van der Waals surface area contributed by atoms with Gasteiger partial charge in [0.1, 0.15) is 11.5 Å². The number of carbonyl (C=O) groups is 1. The van der Waals surface area contributed by atoms with Gasteiger partial charge >= 0.3 is 0 Å². The van der Waals surface area contributed by atoms with E-state index in [1.54, 1.807) is 43.3 Å². The van der Waals surface area contributed by atoms with E-state index in [0.29, 0.717) is 16.5 Å². The predicted octanol–water partition coefficient (Wildman–Crippen LogP) is 4.53. The van der Waals surface area contributed by atoms with E-state index >= 15 is 0 Å². The summed E-state index contributed by atoms with van der Waals surface area (Å²) in [6.07, 6.45) is -0.555. The second-order valence-corrected chi connectivity index (χ2v) is 5.78. The predicted molar refractivity (Wildman–Crippen MR) is 92.4 cm³/mol. The molecule has 0 aliphatic heterocycles. The van der Waals surface area contributed by atoms with Crippen LogP contribution in [0, 0.1) is 0 Å². The fraction of sp³-hybridized carbons (Fsp3) is 0.278. The molecule has 122 valence electrons. The molecule has 1 unspecified atom stereocenters. The van der Waals surface area contributed by atoms with Crippen LogP contribution in [0.4, 0.5) is 5.69 Å². The number of rotatable bonds is 6. The highest BCUT2D eigenvalue weighted by Gasteiger charge is 2.16. The lowest BCUT2D eigenvalue weighted by molar-refractivity contribution is -0.122.